The third kappa shape index (κ3) is 3.19. The number of pyridine rings is 1. The summed E-state index contributed by atoms with van der Waals surface area (Å²) in [7, 11) is 0. The van der Waals surface area contributed by atoms with Crippen molar-refractivity contribution in [2.75, 3.05) is 11.9 Å². The van der Waals surface area contributed by atoms with Gasteiger partial charge in [0.05, 0.1) is 11.1 Å². The normalized spacial score (nSPS) is 27.3. The molecule has 0 bridgehead atoms. The minimum absolute atomic E-state index is 0.120. The van der Waals surface area contributed by atoms with E-state index in [1.807, 2.05) is 0 Å². The lowest BCUT2D eigenvalue weighted by atomic mass is 10.0. The Balaban J connectivity index is 1.37. The van der Waals surface area contributed by atoms with Crippen LogP contribution < -0.4 is 5.32 Å². The van der Waals surface area contributed by atoms with E-state index in [0.717, 1.165) is 25.1 Å². The van der Waals surface area contributed by atoms with Crippen molar-refractivity contribution in [1.82, 2.24) is 15.1 Å². The van der Waals surface area contributed by atoms with Crippen molar-refractivity contribution in [3.8, 4) is 0 Å². The zero-order valence-corrected chi connectivity index (χ0v) is 13.4. The fourth-order valence-electron chi connectivity index (χ4n) is 3.19. The first-order chi connectivity index (χ1) is 11.2. The number of aromatic nitrogens is 3. The van der Waals surface area contributed by atoms with E-state index < -0.39 is 0 Å². The number of aliphatic hydroxyl groups is 1. The van der Waals surface area contributed by atoms with Crippen molar-refractivity contribution in [3.05, 3.63) is 35.1 Å². The first-order valence-corrected chi connectivity index (χ1v) is 8.44. The molecule has 122 valence electrons. The highest BCUT2D eigenvalue weighted by atomic mass is 35.5. The van der Waals surface area contributed by atoms with E-state index in [0.29, 0.717) is 35.6 Å². The van der Waals surface area contributed by atoms with Gasteiger partial charge in [-0.25, -0.2) is 4.98 Å². The smallest absolute Gasteiger partial charge is 0.229 e. The van der Waals surface area contributed by atoms with Gasteiger partial charge in [-0.05, 0) is 37.8 Å². The predicted molar refractivity (Wildman–Crippen MR) is 85.5 cm³/mol. The molecule has 4 rings (SSSR count). The molecule has 6 nitrogen and oxygen atoms in total. The van der Waals surface area contributed by atoms with Crippen molar-refractivity contribution in [1.29, 1.82) is 0 Å². The maximum absolute atomic E-state index is 10.3. The Kier molecular flexibility index (Phi) is 3.95. The third-order valence-electron chi connectivity index (χ3n) is 4.70. The van der Waals surface area contributed by atoms with Gasteiger partial charge in [0.25, 0.3) is 0 Å². The van der Waals surface area contributed by atoms with E-state index >= 15 is 0 Å². The second-order valence-corrected chi connectivity index (χ2v) is 6.88. The van der Waals surface area contributed by atoms with Crippen molar-refractivity contribution >= 4 is 17.4 Å². The SMILES string of the molecule is O[C@@H]1C[C@@H](c2nc(C3CC3)no2)C[C@@H]1CNc1ncccc1Cl. The van der Waals surface area contributed by atoms with Crippen LogP contribution in [-0.4, -0.2) is 32.9 Å². The number of aliphatic hydroxyl groups excluding tert-OH is 1. The lowest BCUT2D eigenvalue weighted by Crippen LogP contribution is -2.22. The molecular weight excluding hydrogens is 316 g/mol. The quantitative estimate of drug-likeness (QED) is 0.874. The van der Waals surface area contributed by atoms with Crippen LogP contribution in [0.5, 0.6) is 0 Å². The lowest BCUT2D eigenvalue weighted by molar-refractivity contribution is 0.137. The summed E-state index contributed by atoms with van der Waals surface area (Å²) in [6, 6.07) is 3.59. The molecule has 0 aliphatic heterocycles. The number of halogens is 1. The fourth-order valence-corrected chi connectivity index (χ4v) is 3.38. The number of hydrogen-bond donors (Lipinski definition) is 2. The van der Waals surface area contributed by atoms with Gasteiger partial charge in [0.2, 0.25) is 5.89 Å². The van der Waals surface area contributed by atoms with Crippen LogP contribution in [-0.2, 0) is 0 Å². The Bertz CT molecular complexity index is 688. The van der Waals surface area contributed by atoms with E-state index in [9.17, 15) is 5.11 Å². The maximum atomic E-state index is 10.3. The monoisotopic (exact) mass is 334 g/mol. The summed E-state index contributed by atoms with van der Waals surface area (Å²) in [5.41, 5.74) is 0. The molecule has 2 heterocycles. The molecule has 0 unspecified atom stereocenters. The summed E-state index contributed by atoms with van der Waals surface area (Å²) in [6.07, 6.45) is 5.11. The van der Waals surface area contributed by atoms with E-state index in [-0.39, 0.29) is 17.9 Å². The van der Waals surface area contributed by atoms with Gasteiger partial charge in [0.1, 0.15) is 5.82 Å². The standard InChI is InChI=1S/C16H19ClN4O2/c17-12-2-1-5-18-15(12)19-8-11-6-10(7-13(11)22)16-20-14(21-23-16)9-3-4-9/h1-2,5,9-11,13,22H,3-4,6-8H2,(H,18,19)/t10-,11+,13+/m0/s1. The van der Waals surface area contributed by atoms with Crippen molar-refractivity contribution in [3.63, 3.8) is 0 Å². The van der Waals surface area contributed by atoms with E-state index in [1.54, 1.807) is 18.3 Å². The van der Waals surface area contributed by atoms with Gasteiger partial charge in [0, 0.05) is 30.5 Å². The van der Waals surface area contributed by atoms with E-state index in [2.05, 4.69) is 20.4 Å². The summed E-state index contributed by atoms with van der Waals surface area (Å²) in [4.78, 5) is 8.72. The van der Waals surface area contributed by atoms with Crippen LogP contribution in [0.4, 0.5) is 5.82 Å². The van der Waals surface area contributed by atoms with Crippen LogP contribution in [0, 0.1) is 5.92 Å². The second kappa shape index (κ2) is 6.09. The van der Waals surface area contributed by atoms with Gasteiger partial charge < -0.3 is 14.9 Å². The van der Waals surface area contributed by atoms with Crippen LogP contribution in [0.2, 0.25) is 5.02 Å². The Morgan fingerprint density at radius 1 is 1.30 bits per heavy atom. The van der Waals surface area contributed by atoms with Gasteiger partial charge in [-0.3, -0.25) is 0 Å². The molecular formula is C16H19ClN4O2. The largest absolute Gasteiger partial charge is 0.393 e. The molecule has 2 aromatic rings. The molecule has 0 amide bonds. The summed E-state index contributed by atoms with van der Waals surface area (Å²) >= 11 is 6.09. The second-order valence-electron chi connectivity index (χ2n) is 6.48. The summed E-state index contributed by atoms with van der Waals surface area (Å²) in [6.45, 7) is 0.623. The van der Waals surface area contributed by atoms with Gasteiger partial charge >= 0.3 is 0 Å². The van der Waals surface area contributed by atoms with Crippen LogP contribution in [0.1, 0.15) is 49.2 Å². The average Bonchev–Trinajstić information content (AvgIpc) is 3.16. The molecule has 2 saturated carbocycles. The van der Waals surface area contributed by atoms with Crippen molar-refractivity contribution in [2.45, 2.75) is 43.6 Å². The lowest BCUT2D eigenvalue weighted by Gasteiger charge is -2.15. The zero-order chi connectivity index (χ0) is 15.8. The van der Waals surface area contributed by atoms with Gasteiger partial charge in [-0.1, -0.05) is 16.8 Å². The molecule has 0 aromatic carbocycles. The van der Waals surface area contributed by atoms with Crippen LogP contribution in [0.25, 0.3) is 0 Å². The summed E-state index contributed by atoms with van der Waals surface area (Å²) in [5.74, 6) is 2.90. The van der Waals surface area contributed by atoms with Gasteiger partial charge in [0.15, 0.2) is 5.82 Å². The average molecular weight is 335 g/mol. The molecule has 2 aliphatic rings. The van der Waals surface area contributed by atoms with Crippen LogP contribution in [0.3, 0.4) is 0 Å². The van der Waals surface area contributed by atoms with Crippen molar-refractivity contribution < 1.29 is 9.63 Å². The summed E-state index contributed by atoms with van der Waals surface area (Å²) < 4.78 is 5.40. The third-order valence-corrected chi connectivity index (χ3v) is 5.00. The molecule has 0 saturated heterocycles. The highest BCUT2D eigenvalue weighted by Crippen LogP contribution is 2.41. The molecule has 2 fully saturated rings. The Labute approximate surface area is 139 Å². The molecule has 23 heavy (non-hydrogen) atoms. The highest BCUT2D eigenvalue weighted by molar-refractivity contribution is 6.32. The molecule has 2 aromatic heterocycles. The maximum Gasteiger partial charge on any atom is 0.229 e. The number of nitrogens with zero attached hydrogens (tertiary/aromatic N) is 3. The van der Waals surface area contributed by atoms with Crippen LogP contribution >= 0.6 is 11.6 Å². The number of anilines is 1. The molecule has 0 radical (unpaired) electrons. The number of rotatable bonds is 5. The molecule has 2 N–H and O–H groups in total. The molecule has 0 spiro atoms. The summed E-state index contributed by atoms with van der Waals surface area (Å²) in [5, 5.41) is 18.2. The van der Waals surface area contributed by atoms with Gasteiger partial charge in [-0.2, -0.15) is 4.98 Å². The minimum Gasteiger partial charge on any atom is -0.393 e. The number of nitrogens with one attached hydrogen (secondary N) is 1. The highest BCUT2D eigenvalue weighted by Gasteiger charge is 2.38. The topological polar surface area (TPSA) is 84.1 Å². The Hall–Kier alpha value is -1.66. The molecule has 2 aliphatic carbocycles. The van der Waals surface area contributed by atoms with E-state index in [4.69, 9.17) is 16.1 Å². The molecule has 7 heteroatoms. The molecule has 3 atom stereocenters. The van der Waals surface area contributed by atoms with Crippen molar-refractivity contribution in [2.24, 2.45) is 5.92 Å². The predicted octanol–water partition coefficient (Wildman–Crippen LogP) is 2.96. The zero-order valence-electron chi connectivity index (χ0n) is 12.7. The van der Waals surface area contributed by atoms with Crippen LogP contribution in [0.15, 0.2) is 22.9 Å². The van der Waals surface area contributed by atoms with Gasteiger partial charge in [-0.15, -0.1) is 0 Å². The Morgan fingerprint density at radius 3 is 2.96 bits per heavy atom. The minimum atomic E-state index is -0.383. The first kappa shape index (κ1) is 14.9. The van der Waals surface area contributed by atoms with E-state index in [1.165, 1.54) is 0 Å². The number of hydrogen-bond acceptors (Lipinski definition) is 6. The fraction of sp³-hybridized carbons (Fsp3) is 0.562. The first-order valence-electron chi connectivity index (χ1n) is 8.06. The Morgan fingerprint density at radius 2 is 2.17 bits per heavy atom.